The van der Waals surface area contributed by atoms with Gasteiger partial charge in [0, 0.05) is 5.02 Å². The van der Waals surface area contributed by atoms with Crippen LogP contribution in [0.25, 0.3) is 0 Å². The molecule has 0 aromatic heterocycles. The number of nitrogens with one attached hydrogen (secondary N) is 1. The molecule has 0 radical (unpaired) electrons. The lowest BCUT2D eigenvalue weighted by molar-refractivity contribution is -0.123. The third-order valence-electron chi connectivity index (χ3n) is 4.05. The summed E-state index contributed by atoms with van der Waals surface area (Å²) < 4.78 is 16.0. The molecule has 7 nitrogen and oxygen atoms in total. The molecule has 0 saturated heterocycles. The number of methoxy groups -OCH3 is 1. The lowest BCUT2D eigenvalue weighted by Crippen LogP contribution is -2.24. The Hall–Kier alpha value is -3.55. The summed E-state index contributed by atoms with van der Waals surface area (Å²) >= 11 is 11.9. The zero-order chi connectivity index (χ0) is 22.9. The number of rotatable bonds is 8. The maximum absolute atomic E-state index is 12.4. The standard InChI is InChI=1S/C23H18Cl2N2O5/c1-30-21-11-15(9-10-20(21)32-23(29)18-7-2-3-8-19(18)25)13-26-27-22(28)14-31-17-6-4-5-16(24)12-17/h2-13H,14H2,1H3,(H,27,28). The number of hydrazone groups is 1. The summed E-state index contributed by atoms with van der Waals surface area (Å²) in [7, 11) is 1.44. The summed E-state index contributed by atoms with van der Waals surface area (Å²) in [4.78, 5) is 24.2. The number of benzene rings is 3. The number of carbonyl (C=O) groups is 2. The molecular weight excluding hydrogens is 455 g/mol. The molecule has 0 aliphatic heterocycles. The molecule has 0 saturated carbocycles. The minimum Gasteiger partial charge on any atom is -0.493 e. The van der Waals surface area contributed by atoms with E-state index in [1.165, 1.54) is 13.3 Å². The smallest absolute Gasteiger partial charge is 0.345 e. The van der Waals surface area contributed by atoms with Gasteiger partial charge in [0.15, 0.2) is 18.1 Å². The Morgan fingerprint density at radius 3 is 2.56 bits per heavy atom. The van der Waals surface area contributed by atoms with Crippen molar-refractivity contribution in [2.75, 3.05) is 13.7 Å². The van der Waals surface area contributed by atoms with Crippen molar-refractivity contribution in [3.63, 3.8) is 0 Å². The summed E-state index contributed by atoms with van der Waals surface area (Å²) in [6.07, 6.45) is 1.42. The van der Waals surface area contributed by atoms with Crippen molar-refractivity contribution in [1.82, 2.24) is 5.43 Å². The number of carbonyl (C=O) groups excluding carboxylic acids is 2. The predicted molar refractivity (Wildman–Crippen MR) is 122 cm³/mol. The van der Waals surface area contributed by atoms with Crippen LogP contribution in [-0.2, 0) is 4.79 Å². The van der Waals surface area contributed by atoms with Crippen molar-refractivity contribution in [3.05, 3.63) is 87.9 Å². The fourth-order valence-electron chi connectivity index (χ4n) is 2.55. The number of nitrogens with zero attached hydrogens (tertiary/aromatic N) is 1. The highest BCUT2D eigenvalue weighted by molar-refractivity contribution is 6.33. The van der Waals surface area contributed by atoms with Gasteiger partial charge in [-0.3, -0.25) is 4.79 Å². The zero-order valence-corrected chi connectivity index (χ0v) is 18.4. The van der Waals surface area contributed by atoms with Crippen LogP contribution in [0.1, 0.15) is 15.9 Å². The van der Waals surface area contributed by atoms with Gasteiger partial charge >= 0.3 is 5.97 Å². The normalized spacial score (nSPS) is 10.6. The van der Waals surface area contributed by atoms with Gasteiger partial charge in [0.05, 0.1) is 23.9 Å². The molecule has 3 rings (SSSR count). The molecule has 3 aromatic carbocycles. The van der Waals surface area contributed by atoms with Crippen LogP contribution < -0.4 is 19.6 Å². The first kappa shape index (κ1) is 23.1. The van der Waals surface area contributed by atoms with Gasteiger partial charge in [0.2, 0.25) is 0 Å². The molecule has 1 amide bonds. The summed E-state index contributed by atoms with van der Waals surface area (Å²) in [5.41, 5.74) is 3.21. The van der Waals surface area contributed by atoms with Crippen molar-refractivity contribution in [2.24, 2.45) is 5.10 Å². The van der Waals surface area contributed by atoms with E-state index >= 15 is 0 Å². The molecule has 0 spiro atoms. The lowest BCUT2D eigenvalue weighted by Gasteiger charge is -2.10. The number of hydrogen-bond donors (Lipinski definition) is 1. The molecule has 0 fully saturated rings. The predicted octanol–water partition coefficient (Wildman–Crippen LogP) is 4.75. The van der Waals surface area contributed by atoms with E-state index < -0.39 is 11.9 Å². The number of halogens is 2. The van der Waals surface area contributed by atoms with Gasteiger partial charge in [-0.25, -0.2) is 10.2 Å². The van der Waals surface area contributed by atoms with E-state index in [2.05, 4.69) is 10.5 Å². The van der Waals surface area contributed by atoms with Crippen molar-refractivity contribution >= 4 is 41.3 Å². The van der Waals surface area contributed by atoms with E-state index in [1.54, 1.807) is 66.7 Å². The molecule has 164 valence electrons. The first-order valence-corrected chi connectivity index (χ1v) is 10.1. The van der Waals surface area contributed by atoms with Crippen LogP contribution in [0.15, 0.2) is 71.8 Å². The second-order valence-corrected chi connectivity index (χ2v) is 7.16. The van der Waals surface area contributed by atoms with E-state index in [9.17, 15) is 9.59 Å². The van der Waals surface area contributed by atoms with Gasteiger partial charge in [-0.05, 0) is 54.1 Å². The molecular formula is C23H18Cl2N2O5. The van der Waals surface area contributed by atoms with E-state index in [0.717, 1.165) is 0 Å². The Morgan fingerprint density at radius 2 is 1.81 bits per heavy atom. The van der Waals surface area contributed by atoms with Crippen molar-refractivity contribution < 1.29 is 23.8 Å². The maximum Gasteiger partial charge on any atom is 0.345 e. The highest BCUT2D eigenvalue weighted by Gasteiger charge is 2.15. The maximum atomic E-state index is 12.4. The molecule has 0 aliphatic carbocycles. The molecule has 0 heterocycles. The van der Waals surface area contributed by atoms with Crippen molar-refractivity contribution in [3.8, 4) is 17.2 Å². The first-order chi connectivity index (χ1) is 15.5. The lowest BCUT2D eigenvalue weighted by atomic mass is 10.2. The Kier molecular flexibility index (Phi) is 8.08. The van der Waals surface area contributed by atoms with Gasteiger partial charge in [0.1, 0.15) is 5.75 Å². The second-order valence-electron chi connectivity index (χ2n) is 6.32. The fraction of sp³-hybridized carbons (Fsp3) is 0.0870. The first-order valence-electron chi connectivity index (χ1n) is 9.31. The Morgan fingerprint density at radius 1 is 1.00 bits per heavy atom. The Bertz CT molecular complexity index is 1150. The number of ether oxygens (including phenoxy) is 3. The summed E-state index contributed by atoms with van der Waals surface area (Å²) in [6.45, 7) is -0.224. The largest absolute Gasteiger partial charge is 0.493 e. The molecule has 0 bridgehead atoms. The van der Waals surface area contributed by atoms with E-state index in [4.69, 9.17) is 37.4 Å². The van der Waals surface area contributed by atoms with E-state index in [-0.39, 0.29) is 22.9 Å². The molecule has 0 atom stereocenters. The third-order valence-corrected chi connectivity index (χ3v) is 4.62. The minimum atomic E-state index is -0.609. The number of hydrogen-bond acceptors (Lipinski definition) is 6. The highest BCUT2D eigenvalue weighted by Crippen LogP contribution is 2.29. The van der Waals surface area contributed by atoms with Gasteiger partial charge < -0.3 is 14.2 Å². The van der Waals surface area contributed by atoms with Crippen LogP contribution in [-0.4, -0.2) is 31.8 Å². The summed E-state index contributed by atoms with van der Waals surface area (Å²) in [6, 6.07) is 18.1. The third kappa shape index (κ3) is 6.47. The van der Waals surface area contributed by atoms with Crippen molar-refractivity contribution in [2.45, 2.75) is 0 Å². The fourth-order valence-corrected chi connectivity index (χ4v) is 2.94. The van der Waals surface area contributed by atoms with Crippen molar-refractivity contribution in [1.29, 1.82) is 0 Å². The second kappa shape index (κ2) is 11.2. The molecule has 32 heavy (non-hydrogen) atoms. The van der Waals surface area contributed by atoms with E-state index in [1.807, 2.05) is 0 Å². The average molecular weight is 473 g/mol. The summed E-state index contributed by atoms with van der Waals surface area (Å²) in [5, 5.41) is 4.68. The summed E-state index contributed by atoms with van der Waals surface area (Å²) in [5.74, 6) is -0.0532. The molecule has 3 aromatic rings. The van der Waals surface area contributed by atoms with Gasteiger partial charge in [-0.15, -0.1) is 0 Å². The SMILES string of the molecule is COc1cc(C=NNC(=O)COc2cccc(Cl)c2)ccc1OC(=O)c1ccccc1Cl. The van der Waals surface area contributed by atoms with Crippen LogP contribution in [0.2, 0.25) is 10.0 Å². The quantitative estimate of drug-likeness (QED) is 0.221. The molecule has 9 heteroatoms. The molecule has 1 N–H and O–H groups in total. The number of amides is 1. The van der Waals surface area contributed by atoms with Crippen LogP contribution in [0.5, 0.6) is 17.2 Å². The minimum absolute atomic E-state index is 0.216. The van der Waals surface area contributed by atoms with Crippen LogP contribution in [0.4, 0.5) is 0 Å². The van der Waals surface area contributed by atoms with Gasteiger partial charge in [0.25, 0.3) is 5.91 Å². The Labute approximate surface area is 194 Å². The Balaban J connectivity index is 1.58. The number of esters is 1. The van der Waals surface area contributed by atoms with Crippen LogP contribution >= 0.6 is 23.2 Å². The zero-order valence-electron chi connectivity index (χ0n) is 16.9. The van der Waals surface area contributed by atoms with Gasteiger partial charge in [-0.1, -0.05) is 41.4 Å². The van der Waals surface area contributed by atoms with Crippen LogP contribution in [0.3, 0.4) is 0 Å². The van der Waals surface area contributed by atoms with E-state index in [0.29, 0.717) is 22.1 Å². The highest BCUT2D eigenvalue weighted by atomic mass is 35.5. The molecule has 0 aliphatic rings. The average Bonchev–Trinajstić information content (AvgIpc) is 2.79. The molecule has 0 unspecified atom stereocenters. The monoisotopic (exact) mass is 472 g/mol. The van der Waals surface area contributed by atoms with Gasteiger partial charge in [-0.2, -0.15) is 5.10 Å². The van der Waals surface area contributed by atoms with Crippen LogP contribution in [0, 0.1) is 0 Å². The topological polar surface area (TPSA) is 86.2 Å².